The van der Waals surface area contributed by atoms with E-state index in [1.54, 1.807) is 0 Å². The Morgan fingerprint density at radius 2 is 2.00 bits per heavy atom. The molecule has 3 rings (SSSR count). The average Bonchev–Trinajstić information content (AvgIpc) is 2.77. The van der Waals surface area contributed by atoms with Crippen LogP contribution in [0.2, 0.25) is 0 Å². The molecule has 1 aliphatic heterocycles. The third kappa shape index (κ3) is 1.53. The molecule has 2 aromatic rings. The molecule has 2 heterocycles. The van der Waals surface area contributed by atoms with E-state index in [0.29, 0.717) is 12.1 Å². The lowest BCUT2D eigenvalue weighted by Gasteiger charge is -2.07. The van der Waals surface area contributed by atoms with Crippen LogP contribution in [0.15, 0.2) is 24.3 Å². The van der Waals surface area contributed by atoms with E-state index in [4.69, 9.17) is 5.73 Å². The van der Waals surface area contributed by atoms with Crippen molar-refractivity contribution in [1.29, 1.82) is 0 Å². The molecular formula is C12H11F3N2. The molecule has 0 saturated heterocycles. The summed E-state index contributed by atoms with van der Waals surface area (Å²) in [7, 11) is 0. The van der Waals surface area contributed by atoms with Gasteiger partial charge in [0.2, 0.25) is 0 Å². The maximum atomic E-state index is 12.6. The van der Waals surface area contributed by atoms with E-state index < -0.39 is 11.7 Å². The van der Waals surface area contributed by atoms with Crippen molar-refractivity contribution in [3.8, 4) is 0 Å². The monoisotopic (exact) mass is 240 g/mol. The summed E-state index contributed by atoms with van der Waals surface area (Å²) in [6.45, 7) is 0.696. The number of alkyl halides is 3. The summed E-state index contributed by atoms with van der Waals surface area (Å²) in [5, 5.41) is 0.822. The molecule has 1 aromatic carbocycles. The van der Waals surface area contributed by atoms with E-state index in [1.807, 2.05) is 10.6 Å². The maximum absolute atomic E-state index is 12.6. The summed E-state index contributed by atoms with van der Waals surface area (Å²) in [6, 6.07) is 5.65. The van der Waals surface area contributed by atoms with Crippen molar-refractivity contribution < 1.29 is 13.2 Å². The summed E-state index contributed by atoms with van der Waals surface area (Å²) in [6.07, 6.45) is -3.50. The number of fused-ring (bicyclic) bond motifs is 3. The van der Waals surface area contributed by atoms with Crippen LogP contribution < -0.4 is 5.73 Å². The highest BCUT2D eigenvalue weighted by molar-refractivity contribution is 5.82. The van der Waals surface area contributed by atoms with Crippen LogP contribution in [-0.2, 0) is 12.7 Å². The zero-order valence-electron chi connectivity index (χ0n) is 8.96. The topological polar surface area (TPSA) is 30.9 Å². The quantitative estimate of drug-likeness (QED) is 0.753. The van der Waals surface area contributed by atoms with Gasteiger partial charge in [-0.25, -0.2) is 0 Å². The zero-order chi connectivity index (χ0) is 12.2. The molecule has 90 valence electrons. The minimum Gasteiger partial charge on any atom is -0.343 e. The first-order valence-corrected chi connectivity index (χ1v) is 5.43. The molecule has 0 bridgehead atoms. The van der Waals surface area contributed by atoms with Crippen LogP contribution in [0, 0.1) is 0 Å². The number of aryl methyl sites for hydroxylation is 1. The highest BCUT2D eigenvalue weighted by Gasteiger charge is 2.31. The van der Waals surface area contributed by atoms with E-state index in [1.165, 1.54) is 12.1 Å². The van der Waals surface area contributed by atoms with E-state index in [9.17, 15) is 13.2 Å². The molecule has 0 spiro atoms. The van der Waals surface area contributed by atoms with Crippen molar-refractivity contribution >= 4 is 10.9 Å². The van der Waals surface area contributed by atoms with Crippen LogP contribution in [0.5, 0.6) is 0 Å². The number of hydrogen-bond donors (Lipinski definition) is 1. The van der Waals surface area contributed by atoms with Crippen LogP contribution in [0.25, 0.3) is 10.9 Å². The summed E-state index contributed by atoms with van der Waals surface area (Å²) in [4.78, 5) is 0. The number of rotatable bonds is 0. The molecule has 1 unspecified atom stereocenters. The fourth-order valence-corrected chi connectivity index (χ4v) is 2.42. The maximum Gasteiger partial charge on any atom is 0.416 e. The summed E-state index contributed by atoms with van der Waals surface area (Å²) in [5.74, 6) is 0. The van der Waals surface area contributed by atoms with E-state index in [2.05, 4.69) is 0 Å². The highest BCUT2D eigenvalue weighted by Crippen LogP contribution is 2.35. The lowest BCUT2D eigenvalue weighted by Crippen LogP contribution is -2.05. The Balaban J connectivity index is 2.23. The second-order valence-corrected chi connectivity index (χ2v) is 4.39. The number of benzene rings is 1. The molecule has 5 heteroatoms. The molecule has 1 aliphatic rings. The summed E-state index contributed by atoms with van der Waals surface area (Å²) >= 11 is 0. The first-order valence-electron chi connectivity index (χ1n) is 5.43. The van der Waals surface area contributed by atoms with Gasteiger partial charge in [0.15, 0.2) is 0 Å². The van der Waals surface area contributed by atoms with Crippen molar-refractivity contribution in [2.45, 2.75) is 25.2 Å². The van der Waals surface area contributed by atoms with Gasteiger partial charge in [0.1, 0.15) is 0 Å². The molecule has 0 saturated carbocycles. The molecule has 0 amide bonds. The molecular weight excluding hydrogens is 229 g/mol. The Morgan fingerprint density at radius 3 is 2.71 bits per heavy atom. The Bertz CT molecular complexity index is 583. The fourth-order valence-electron chi connectivity index (χ4n) is 2.42. The van der Waals surface area contributed by atoms with Crippen molar-refractivity contribution in [3.63, 3.8) is 0 Å². The van der Waals surface area contributed by atoms with Gasteiger partial charge < -0.3 is 10.3 Å². The molecule has 0 aliphatic carbocycles. The molecule has 17 heavy (non-hydrogen) atoms. The largest absolute Gasteiger partial charge is 0.416 e. The molecule has 0 fully saturated rings. The Kier molecular flexibility index (Phi) is 2.04. The lowest BCUT2D eigenvalue weighted by atomic mass is 10.1. The predicted octanol–water partition coefficient (Wildman–Crippen LogP) is 3.06. The lowest BCUT2D eigenvalue weighted by molar-refractivity contribution is -0.137. The molecule has 0 radical (unpaired) electrons. The number of nitrogens with zero attached hydrogens (tertiary/aromatic N) is 1. The van der Waals surface area contributed by atoms with Gasteiger partial charge in [0.25, 0.3) is 0 Å². The van der Waals surface area contributed by atoms with Crippen molar-refractivity contribution in [2.24, 2.45) is 5.73 Å². The third-order valence-electron chi connectivity index (χ3n) is 3.31. The van der Waals surface area contributed by atoms with Gasteiger partial charge in [0.05, 0.1) is 5.56 Å². The van der Waals surface area contributed by atoms with Crippen LogP contribution in [-0.4, -0.2) is 4.57 Å². The van der Waals surface area contributed by atoms with Crippen LogP contribution in [0.4, 0.5) is 13.2 Å². The SMILES string of the molecule is NC1CCn2c1cc1ccc(C(F)(F)F)cc12. The first kappa shape index (κ1) is 10.7. The van der Waals surface area contributed by atoms with Crippen LogP contribution in [0.3, 0.4) is 0 Å². The fraction of sp³-hybridized carbons (Fsp3) is 0.333. The molecule has 1 aromatic heterocycles. The molecule has 2 N–H and O–H groups in total. The van der Waals surface area contributed by atoms with Gasteiger partial charge in [-0.1, -0.05) is 6.07 Å². The first-order chi connectivity index (χ1) is 7.97. The Morgan fingerprint density at radius 1 is 1.24 bits per heavy atom. The molecule has 2 nitrogen and oxygen atoms in total. The Hall–Kier alpha value is -1.49. The van der Waals surface area contributed by atoms with Crippen LogP contribution >= 0.6 is 0 Å². The van der Waals surface area contributed by atoms with Gasteiger partial charge in [-0.3, -0.25) is 0 Å². The van der Waals surface area contributed by atoms with E-state index >= 15 is 0 Å². The van der Waals surface area contributed by atoms with Gasteiger partial charge in [0, 0.05) is 23.8 Å². The second kappa shape index (κ2) is 3.26. The minimum absolute atomic E-state index is 0.0586. The molecule has 1 atom stereocenters. The predicted molar refractivity (Wildman–Crippen MR) is 58.5 cm³/mol. The van der Waals surface area contributed by atoms with Crippen LogP contribution in [0.1, 0.15) is 23.7 Å². The van der Waals surface area contributed by atoms with Crippen molar-refractivity contribution in [1.82, 2.24) is 4.57 Å². The smallest absolute Gasteiger partial charge is 0.343 e. The number of aromatic nitrogens is 1. The summed E-state index contributed by atoms with van der Waals surface area (Å²) in [5.41, 5.74) is 6.84. The zero-order valence-corrected chi connectivity index (χ0v) is 8.96. The standard InChI is InChI=1S/C12H11F3N2/c13-12(14,15)8-2-1-7-5-11-9(16)3-4-17(11)10(7)6-8/h1-2,5-6,9H,3-4,16H2. The van der Waals surface area contributed by atoms with Gasteiger partial charge in [-0.2, -0.15) is 13.2 Å². The van der Waals surface area contributed by atoms with Gasteiger partial charge in [-0.05, 0) is 30.0 Å². The number of nitrogens with two attached hydrogens (primary N) is 1. The van der Waals surface area contributed by atoms with Gasteiger partial charge in [-0.15, -0.1) is 0 Å². The van der Waals surface area contributed by atoms with Crippen molar-refractivity contribution in [2.75, 3.05) is 0 Å². The van der Waals surface area contributed by atoms with Crippen molar-refractivity contribution in [3.05, 3.63) is 35.5 Å². The highest BCUT2D eigenvalue weighted by atomic mass is 19.4. The third-order valence-corrected chi connectivity index (χ3v) is 3.31. The number of halogens is 3. The Labute approximate surface area is 95.8 Å². The minimum atomic E-state index is -4.29. The number of hydrogen-bond acceptors (Lipinski definition) is 1. The second-order valence-electron chi connectivity index (χ2n) is 4.39. The van der Waals surface area contributed by atoms with E-state index in [-0.39, 0.29) is 6.04 Å². The summed E-state index contributed by atoms with van der Waals surface area (Å²) < 4.78 is 39.7. The average molecular weight is 240 g/mol. The normalized spacial score (nSPS) is 19.9. The van der Waals surface area contributed by atoms with E-state index in [0.717, 1.165) is 23.6 Å². The van der Waals surface area contributed by atoms with Gasteiger partial charge >= 0.3 is 6.18 Å².